The standard InChI is InChI=1S/C21H22N8O3/c1-13-9-19(26-25-13)22-18-11-20(31-2)24-21(23-18)29-8-4-6-16(29)17-10-15(27-32-17)14-5-3-7-28(30)12-14/h3,5,7,9-12,16H,4,6,8H2,1-2H3,(H2,22,23,24,25,26). The molecule has 0 saturated carbocycles. The zero-order chi connectivity index (χ0) is 22.1. The normalized spacial score (nSPS) is 15.8. The van der Waals surface area contributed by atoms with Crippen LogP contribution in [0.15, 0.2) is 47.2 Å². The van der Waals surface area contributed by atoms with Gasteiger partial charge >= 0.3 is 0 Å². The van der Waals surface area contributed by atoms with E-state index in [2.05, 4.69) is 35.5 Å². The number of rotatable bonds is 6. The summed E-state index contributed by atoms with van der Waals surface area (Å²) in [5.74, 6) is 2.90. The maximum Gasteiger partial charge on any atom is 0.231 e. The Morgan fingerprint density at radius 2 is 2.19 bits per heavy atom. The molecule has 4 aromatic rings. The van der Waals surface area contributed by atoms with E-state index in [-0.39, 0.29) is 6.04 Å². The summed E-state index contributed by atoms with van der Waals surface area (Å²) in [6.45, 7) is 2.69. The summed E-state index contributed by atoms with van der Waals surface area (Å²) < 4.78 is 11.8. The minimum atomic E-state index is -0.0769. The van der Waals surface area contributed by atoms with Crippen molar-refractivity contribution >= 4 is 17.6 Å². The molecule has 164 valence electrons. The van der Waals surface area contributed by atoms with Crippen molar-refractivity contribution in [3.8, 4) is 17.1 Å². The maximum absolute atomic E-state index is 11.6. The van der Waals surface area contributed by atoms with E-state index in [9.17, 15) is 5.21 Å². The molecule has 0 aromatic carbocycles. The minimum Gasteiger partial charge on any atom is -0.619 e. The van der Waals surface area contributed by atoms with Gasteiger partial charge in [0.05, 0.1) is 18.7 Å². The molecular weight excluding hydrogens is 412 g/mol. The highest BCUT2D eigenvalue weighted by Crippen LogP contribution is 2.37. The van der Waals surface area contributed by atoms with Crippen LogP contribution in [0.5, 0.6) is 5.88 Å². The average molecular weight is 434 g/mol. The monoisotopic (exact) mass is 434 g/mol. The fourth-order valence-corrected chi connectivity index (χ4v) is 3.81. The lowest BCUT2D eigenvalue weighted by atomic mass is 10.1. The van der Waals surface area contributed by atoms with Crippen molar-refractivity contribution in [2.75, 3.05) is 23.9 Å². The van der Waals surface area contributed by atoms with Gasteiger partial charge in [0.25, 0.3) is 0 Å². The zero-order valence-corrected chi connectivity index (χ0v) is 17.6. The Hall–Kier alpha value is -4.15. The molecule has 1 fully saturated rings. The molecule has 5 heterocycles. The van der Waals surface area contributed by atoms with E-state index in [1.807, 2.05) is 25.1 Å². The van der Waals surface area contributed by atoms with E-state index in [0.29, 0.717) is 40.5 Å². The predicted molar refractivity (Wildman–Crippen MR) is 115 cm³/mol. The van der Waals surface area contributed by atoms with Gasteiger partial charge in [0.1, 0.15) is 11.5 Å². The Kier molecular flexibility index (Phi) is 5.06. The van der Waals surface area contributed by atoms with Crippen LogP contribution in [-0.4, -0.2) is 39.0 Å². The third kappa shape index (κ3) is 3.92. The third-order valence-electron chi connectivity index (χ3n) is 5.30. The molecule has 2 N–H and O–H groups in total. The first-order valence-electron chi connectivity index (χ1n) is 10.2. The smallest absolute Gasteiger partial charge is 0.231 e. The lowest BCUT2D eigenvalue weighted by molar-refractivity contribution is -0.604. The molecule has 5 rings (SSSR count). The summed E-state index contributed by atoms with van der Waals surface area (Å²) in [5, 5.41) is 26.0. The predicted octanol–water partition coefficient (Wildman–Crippen LogP) is 2.89. The molecule has 1 unspecified atom stereocenters. The van der Waals surface area contributed by atoms with Crippen molar-refractivity contribution in [1.29, 1.82) is 0 Å². The highest BCUT2D eigenvalue weighted by atomic mass is 16.5. The summed E-state index contributed by atoms with van der Waals surface area (Å²) >= 11 is 0. The van der Waals surface area contributed by atoms with Gasteiger partial charge in [-0.2, -0.15) is 19.8 Å². The number of aromatic amines is 1. The Balaban J connectivity index is 1.43. The number of pyridine rings is 1. The molecule has 1 atom stereocenters. The van der Waals surface area contributed by atoms with Crippen LogP contribution >= 0.6 is 0 Å². The second kappa shape index (κ2) is 8.17. The highest BCUT2D eigenvalue weighted by Gasteiger charge is 2.32. The van der Waals surface area contributed by atoms with E-state index in [4.69, 9.17) is 9.26 Å². The molecule has 0 amide bonds. The van der Waals surface area contributed by atoms with Gasteiger partial charge in [0, 0.05) is 36.5 Å². The fraction of sp³-hybridized carbons (Fsp3) is 0.286. The number of H-pyrrole nitrogens is 1. The van der Waals surface area contributed by atoms with E-state index in [0.717, 1.165) is 29.8 Å². The van der Waals surface area contributed by atoms with E-state index < -0.39 is 0 Å². The molecule has 0 radical (unpaired) electrons. The fourth-order valence-electron chi connectivity index (χ4n) is 3.81. The number of anilines is 3. The molecule has 0 bridgehead atoms. The number of nitrogens with one attached hydrogen (secondary N) is 2. The van der Waals surface area contributed by atoms with Crippen LogP contribution in [-0.2, 0) is 0 Å². The molecule has 11 nitrogen and oxygen atoms in total. The molecular formula is C21H22N8O3. The van der Waals surface area contributed by atoms with Crippen LogP contribution in [0.2, 0.25) is 0 Å². The quantitative estimate of drug-likeness (QED) is 0.347. The van der Waals surface area contributed by atoms with Crippen molar-refractivity contribution in [2.45, 2.75) is 25.8 Å². The first kappa shape index (κ1) is 19.8. The second-order valence-electron chi connectivity index (χ2n) is 7.58. The van der Waals surface area contributed by atoms with Gasteiger partial charge in [-0.1, -0.05) is 5.16 Å². The van der Waals surface area contributed by atoms with Crippen LogP contribution in [0.3, 0.4) is 0 Å². The number of hydrogen-bond acceptors (Lipinski definition) is 9. The van der Waals surface area contributed by atoms with E-state index in [1.165, 1.54) is 12.4 Å². The number of aromatic nitrogens is 6. The van der Waals surface area contributed by atoms with Gasteiger partial charge in [-0.25, -0.2) is 0 Å². The Morgan fingerprint density at radius 1 is 1.28 bits per heavy atom. The first-order valence-corrected chi connectivity index (χ1v) is 10.2. The summed E-state index contributed by atoms with van der Waals surface area (Å²) in [5.41, 5.74) is 2.25. The molecule has 4 aromatic heterocycles. The Morgan fingerprint density at radius 3 is 2.97 bits per heavy atom. The maximum atomic E-state index is 11.6. The van der Waals surface area contributed by atoms with Crippen molar-refractivity contribution in [3.05, 3.63) is 59.4 Å². The third-order valence-corrected chi connectivity index (χ3v) is 5.30. The number of methoxy groups -OCH3 is 1. The molecule has 11 heteroatoms. The summed E-state index contributed by atoms with van der Waals surface area (Å²) in [6, 6.07) is 8.90. The van der Waals surface area contributed by atoms with Crippen LogP contribution < -0.4 is 19.7 Å². The topological polar surface area (TPSA) is 132 Å². The van der Waals surface area contributed by atoms with Crippen LogP contribution in [0.1, 0.15) is 30.3 Å². The largest absolute Gasteiger partial charge is 0.619 e. The molecule has 1 aliphatic rings. The lowest BCUT2D eigenvalue weighted by Crippen LogP contribution is -2.25. The number of aryl methyl sites for hydroxylation is 1. The Labute approximate surface area is 183 Å². The number of hydrogen-bond donors (Lipinski definition) is 2. The van der Waals surface area contributed by atoms with Crippen molar-refractivity contribution in [3.63, 3.8) is 0 Å². The van der Waals surface area contributed by atoms with E-state index >= 15 is 0 Å². The summed E-state index contributed by atoms with van der Waals surface area (Å²) in [6.07, 6.45) is 4.72. The highest BCUT2D eigenvalue weighted by molar-refractivity contribution is 5.58. The van der Waals surface area contributed by atoms with Crippen molar-refractivity contribution in [2.24, 2.45) is 0 Å². The molecule has 0 aliphatic carbocycles. The van der Waals surface area contributed by atoms with Crippen LogP contribution in [0.4, 0.5) is 17.6 Å². The summed E-state index contributed by atoms with van der Waals surface area (Å²) in [7, 11) is 1.57. The van der Waals surface area contributed by atoms with Crippen molar-refractivity contribution < 1.29 is 14.0 Å². The van der Waals surface area contributed by atoms with Gasteiger partial charge in [0.15, 0.2) is 24.0 Å². The molecule has 0 spiro atoms. The summed E-state index contributed by atoms with van der Waals surface area (Å²) in [4.78, 5) is 11.3. The van der Waals surface area contributed by atoms with Crippen LogP contribution in [0.25, 0.3) is 11.3 Å². The minimum absolute atomic E-state index is 0.0769. The van der Waals surface area contributed by atoms with Gasteiger partial charge in [-0.05, 0) is 25.8 Å². The van der Waals surface area contributed by atoms with Gasteiger partial charge in [-0.3, -0.25) is 5.10 Å². The number of nitrogens with zero attached hydrogens (tertiary/aromatic N) is 6. The second-order valence-corrected chi connectivity index (χ2v) is 7.58. The average Bonchev–Trinajstić information content (AvgIpc) is 3.54. The van der Waals surface area contributed by atoms with Gasteiger partial charge in [0.2, 0.25) is 11.8 Å². The molecule has 32 heavy (non-hydrogen) atoms. The van der Waals surface area contributed by atoms with E-state index in [1.54, 1.807) is 19.2 Å². The molecule has 1 saturated heterocycles. The van der Waals surface area contributed by atoms with Crippen LogP contribution in [0, 0.1) is 12.1 Å². The zero-order valence-electron chi connectivity index (χ0n) is 17.6. The Bertz CT molecular complexity index is 1240. The first-order chi connectivity index (χ1) is 15.6. The lowest BCUT2D eigenvalue weighted by Gasteiger charge is -2.23. The van der Waals surface area contributed by atoms with Gasteiger partial charge in [-0.15, -0.1) is 0 Å². The van der Waals surface area contributed by atoms with Crippen molar-refractivity contribution in [1.82, 2.24) is 25.3 Å². The molecule has 1 aliphatic heterocycles. The SMILES string of the molecule is COc1cc(Nc2cc(C)[nH]n2)nc(N2CCCC2c2cc(-c3ccc[n+]([O-])c3)no2)n1. The van der Waals surface area contributed by atoms with Gasteiger partial charge < -0.3 is 24.7 Å². The number of ether oxygens (including phenoxy) is 1.